The smallest absolute Gasteiger partial charge is 0.369 e. The third kappa shape index (κ3) is 2.11. The molecule has 0 saturated heterocycles. The van der Waals surface area contributed by atoms with Crippen LogP contribution in [0, 0.1) is 0 Å². The lowest BCUT2D eigenvalue weighted by molar-refractivity contribution is 0.291. The van der Waals surface area contributed by atoms with Gasteiger partial charge < -0.3 is 4.74 Å². The van der Waals surface area contributed by atoms with Crippen LogP contribution < -0.4 is 10.4 Å². The maximum absolute atomic E-state index is 11.8. The third-order valence-corrected chi connectivity index (χ3v) is 2.43. The minimum Gasteiger partial charge on any atom is -0.472 e. The highest BCUT2D eigenvalue weighted by atomic mass is 16.5. The first-order chi connectivity index (χ1) is 10.1. The van der Waals surface area contributed by atoms with Crippen molar-refractivity contribution < 1.29 is 6.15 Å². The Morgan fingerprint density at radius 1 is 1.50 bits per heavy atom. The first-order valence-corrected chi connectivity index (χ1v) is 5.49. The minimum absolute atomic E-state index is 0.0396. The van der Waals surface area contributed by atoms with Gasteiger partial charge in [0.2, 0.25) is 5.88 Å². The molecule has 0 fully saturated rings. The number of H-pyrrole nitrogens is 1. The summed E-state index contributed by atoms with van der Waals surface area (Å²) in [7, 11) is 1.47. The molecule has 0 aromatic carbocycles. The number of rotatable bonds is 4. The van der Waals surface area contributed by atoms with Gasteiger partial charge in [0.05, 0.1) is 11.8 Å². The quantitative estimate of drug-likeness (QED) is 0.607. The van der Waals surface area contributed by atoms with Gasteiger partial charge in [0, 0.05) is 19.3 Å². The Morgan fingerprint density at radius 2 is 2.40 bits per heavy atom. The molecule has 3 rings (SSSR count). The normalized spacial score (nSPS) is 11.3. The van der Waals surface area contributed by atoms with Crippen LogP contribution in [-0.2, 0) is 13.7 Å². The zero-order valence-corrected chi connectivity index (χ0v) is 10.3. The van der Waals surface area contributed by atoms with Gasteiger partial charge in [-0.15, -0.1) is 20.0 Å². The van der Waals surface area contributed by atoms with Gasteiger partial charge in [-0.25, -0.2) is 4.79 Å². The summed E-state index contributed by atoms with van der Waals surface area (Å²) in [6.07, 6.45) is 2.83. The number of nitrogens with one attached hydrogen (secondary N) is 1. The SMILES string of the molecule is [3H]n1ccc(OCc2cnnnc2-n2nnn(C)c2=O)n1. The van der Waals surface area contributed by atoms with Crippen molar-refractivity contribution in [3.63, 3.8) is 0 Å². The average Bonchev–Trinajstić information content (AvgIpc) is 3.04. The van der Waals surface area contributed by atoms with Crippen LogP contribution in [-0.4, -0.2) is 45.4 Å². The van der Waals surface area contributed by atoms with E-state index in [1.54, 1.807) is 0 Å². The van der Waals surface area contributed by atoms with E-state index in [1.165, 1.54) is 25.5 Å². The molecule has 3 aromatic rings. The molecule has 0 amide bonds. The number of ether oxygens (including phenoxy) is 1. The highest BCUT2D eigenvalue weighted by Crippen LogP contribution is 2.10. The minimum atomic E-state index is -0.466. The van der Waals surface area contributed by atoms with Crippen LogP contribution in [0.15, 0.2) is 23.3 Å². The standard InChI is InChI=1S/C9H9N9O2/c1-17-9(19)18(16-15-17)8-6(4-11-14-13-8)5-20-7-2-3-10-12-7/h2-4H,5H2,1H3,(H,10,12)/i/hT. The molecule has 0 aliphatic heterocycles. The molecule has 1 N–H and O–H groups in total. The fraction of sp³-hybridized carbons (Fsp3) is 0.222. The van der Waals surface area contributed by atoms with Crippen molar-refractivity contribution in [1.82, 2.24) is 45.4 Å². The molecule has 0 saturated carbocycles. The van der Waals surface area contributed by atoms with Gasteiger partial charge in [-0.3, -0.25) is 5.09 Å². The fourth-order valence-corrected chi connectivity index (χ4v) is 1.46. The predicted octanol–water partition coefficient (Wildman–Crippen LogP) is -1.55. The van der Waals surface area contributed by atoms with Crippen LogP contribution in [0.1, 0.15) is 5.56 Å². The average molecular weight is 277 g/mol. The van der Waals surface area contributed by atoms with Crippen LogP contribution >= 0.6 is 0 Å². The van der Waals surface area contributed by atoms with E-state index in [0.29, 0.717) is 5.56 Å². The summed E-state index contributed by atoms with van der Waals surface area (Å²) in [5.74, 6) is 0.438. The summed E-state index contributed by atoms with van der Waals surface area (Å²) >= 11 is 0. The zero-order valence-electron chi connectivity index (χ0n) is 11.3. The van der Waals surface area contributed by atoms with E-state index in [-0.39, 0.29) is 18.3 Å². The summed E-state index contributed by atoms with van der Waals surface area (Å²) in [5, 5.41) is 22.8. The van der Waals surface area contributed by atoms with Crippen molar-refractivity contribution in [2.45, 2.75) is 6.61 Å². The summed E-state index contributed by atoms with van der Waals surface area (Å²) in [4.78, 5) is 11.8. The van der Waals surface area contributed by atoms with Gasteiger partial charge in [0.1, 0.15) is 6.61 Å². The van der Waals surface area contributed by atoms with Crippen molar-refractivity contribution in [3.05, 3.63) is 34.5 Å². The van der Waals surface area contributed by atoms with Gasteiger partial charge in [-0.05, 0) is 15.6 Å². The number of aromatic amines is 1. The maximum Gasteiger partial charge on any atom is 0.369 e. The van der Waals surface area contributed by atoms with Gasteiger partial charge in [0.25, 0.3) is 0 Å². The number of hydrogen-bond donors (Lipinski definition) is 1. The second kappa shape index (κ2) is 4.87. The lowest BCUT2D eigenvalue weighted by atomic mass is 10.3. The Bertz CT molecular complexity index is 822. The third-order valence-electron chi connectivity index (χ3n) is 2.43. The van der Waals surface area contributed by atoms with E-state index < -0.39 is 5.69 Å². The molecule has 0 unspecified atom stereocenters. The highest BCUT2D eigenvalue weighted by molar-refractivity contribution is 5.28. The topological polar surface area (TPSA) is 129 Å². The maximum atomic E-state index is 11.8. The molecule has 3 aromatic heterocycles. The number of tetrazole rings is 1. The van der Waals surface area contributed by atoms with Gasteiger partial charge in [-0.2, -0.15) is 4.68 Å². The van der Waals surface area contributed by atoms with E-state index in [9.17, 15) is 4.79 Å². The number of aromatic nitrogens is 9. The van der Waals surface area contributed by atoms with Crippen molar-refractivity contribution >= 4 is 0 Å². The van der Waals surface area contributed by atoms with E-state index >= 15 is 0 Å². The second-order valence-corrected chi connectivity index (χ2v) is 3.74. The second-order valence-electron chi connectivity index (χ2n) is 3.74. The zero-order chi connectivity index (χ0) is 14.8. The molecule has 0 bridgehead atoms. The molecule has 0 atom stereocenters. The van der Waals surface area contributed by atoms with E-state index in [2.05, 4.69) is 30.9 Å². The molecular formula is C9H9N9O2. The van der Waals surface area contributed by atoms with Gasteiger partial charge in [-0.1, -0.05) is 0 Å². The monoisotopic (exact) mass is 277 g/mol. The lowest BCUT2D eigenvalue weighted by Gasteiger charge is -2.05. The van der Waals surface area contributed by atoms with Crippen molar-refractivity contribution in [1.29, 1.82) is 0 Å². The molecule has 0 aliphatic rings. The molecule has 3 heterocycles. The first kappa shape index (κ1) is 10.8. The number of aryl methyl sites for hydroxylation is 1. The largest absolute Gasteiger partial charge is 0.472 e. The highest BCUT2D eigenvalue weighted by Gasteiger charge is 2.14. The summed E-state index contributed by atoms with van der Waals surface area (Å²) in [6, 6.07) is 1.53. The molecule has 0 radical (unpaired) electrons. The molecule has 20 heavy (non-hydrogen) atoms. The van der Waals surface area contributed by atoms with E-state index in [1.807, 2.05) is 0 Å². The van der Waals surface area contributed by atoms with Crippen molar-refractivity contribution in [2.24, 2.45) is 7.05 Å². The van der Waals surface area contributed by atoms with Crippen LogP contribution in [0.5, 0.6) is 5.88 Å². The van der Waals surface area contributed by atoms with E-state index in [0.717, 1.165) is 14.5 Å². The van der Waals surface area contributed by atoms with Crippen LogP contribution in [0.25, 0.3) is 5.82 Å². The van der Waals surface area contributed by atoms with Crippen LogP contribution in [0.4, 0.5) is 0 Å². The lowest BCUT2D eigenvalue weighted by Crippen LogP contribution is -2.24. The number of hydrogen-bond acceptors (Lipinski definition) is 8. The summed E-state index contributed by atoms with van der Waals surface area (Å²) in [5.41, 5.74) is 0.0133. The molecule has 11 heteroatoms. The van der Waals surface area contributed by atoms with E-state index in [4.69, 9.17) is 6.15 Å². The molecule has 0 spiro atoms. The summed E-state index contributed by atoms with van der Waals surface area (Å²) < 4.78 is 14.7. The Morgan fingerprint density at radius 3 is 3.10 bits per heavy atom. The van der Waals surface area contributed by atoms with Gasteiger partial charge in [0.15, 0.2) is 7.23 Å². The molecular weight excluding hydrogens is 266 g/mol. The summed E-state index contributed by atoms with van der Waals surface area (Å²) in [6.45, 7) is 0.0396. The fourth-order valence-electron chi connectivity index (χ4n) is 1.46. The van der Waals surface area contributed by atoms with Gasteiger partial charge >= 0.3 is 5.69 Å². The molecule has 102 valence electrons. The van der Waals surface area contributed by atoms with Crippen LogP contribution in [0.2, 0.25) is 1.41 Å². The van der Waals surface area contributed by atoms with Crippen molar-refractivity contribution in [2.75, 3.05) is 0 Å². The number of nitrogens with zero attached hydrogens (tertiary/aromatic N) is 8. The Labute approximate surface area is 112 Å². The predicted molar refractivity (Wildman–Crippen MR) is 62.9 cm³/mol. The first-order valence-electron chi connectivity index (χ1n) is 5.94. The Hall–Kier alpha value is -3.11. The Balaban J connectivity index is 1.89. The Kier molecular flexibility index (Phi) is 2.63. The molecule has 0 aliphatic carbocycles. The molecule has 11 nitrogen and oxygen atoms in total. The van der Waals surface area contributed by atoms with Crippen molar-refractivity contribution in [3.8, 4) is 11.7 Å². The van der Waals surface area contributed by atoms with Crippen LogP contribution in [0.3, 0.4) is 0 Å².